The zero-order chi connectivity index (χ0) is 30.1. The van der Waals surface area contributed by atoms with Crippen LogP contribution in [-0.4, -0.2) is 49.5 Å². The van der Waals surface area contributed by atoms with Crippen LogP contribution in [0, 0.1) is 46.3 Å². The summed E-state index contributed by atoms with van der Waals surface area (Å²) in [6.45, 7) is 6.91. The van der Waals surface area contributed by atoms with Crippen molar-refractivity contribution in [1.82, 2.24) is 9.97 Å². The number of aliphatic hydroxyl groups is 3. The van der Waals surface area contributed by atoms with Gasteiger partial charge in [0, 0.05) is 29.6 Å². The summed E-state index contributed by atoms with van der Waals surface area (Å²) in [5.74, 6) is 1.69. The number of amides is 1. The Morgan fingerprint density at radius 1 is 1.00 bits per heavy atom. The molecule has 2 aromatic heterocycles. The summed E-state index contributed by atoms with van der Waals surface area (Å²) >= 11 is 0. The third-order valence-corrected chi connectivity index (χ3v) is 13.1. The number of benzene rings is 1. The number of fused-ring (bicyclic) bond motifs is 8. The molecule has 7 rings (SSSR count). The number of nitrogens with one attached hydrogen (secondary N) is 1. The number of aliphatic hydroxyl groups excluding tert-OH is 3. The van der Waals surface area contributed by atoms with Gasteiger partial charge in [0.1, 0.15) is 0 Å². The lowest BCUT2D eigenvalue weighted by atomic mass is 9.43. The standard InChI is InChI=1S/C36H47N3O4/c1-20(8-11-31(43)39-28-16-21-6-4-14-37-33(21)34-24(28)7-5-15-38-34)25-9-10-26-32-27(19-30(42)36(25,26)3)35(2)13-12-23(40)17-22(35)18-29(32)41/h4-7,14-16,20,22-23,25-27,29-30,32,40-42H,8-13,17-19H2,1-3H3,(H,39,43)/t20-,22+,23-,25-,26+,27+,29-,30+,32+,35+,36-/m1/s1. The summed E-state index contributed by atoms with van der Waals surface area (Å²) in [5, 5.41) is 38.8. The van der Waals surface area contributed by atoms with Crippen LogP contribution in [0.25, 0.3) is 21.8 Å². The highest BCUT2D eigenvalue weighted by Gasteiger charge is 2.65. The molecule has 0 saturated heterocycles. The van der Waals surface area contributed by atoms with Crippen LogP contribution < -0.4 is 5.32 Å². The Morgan fingerprint density at radius 2 is 1.77 bits per heavy atom. The summed E-state index contributed by atoms with van der Waals surface area (Å²) in [4.78, 5) is 22.4. The van der Waals surface area contributed by atoms with E-state index in [9.17, 15) is 20.1 Å². The second kappa shape index (κ2) is 10.8. The van der Waals surface area contributed by atoms with Crippen LogP contribution in [0.3, 0.4) is 0 Å². The first-order valence-electron chi connectivity index (χ1n) is 16.6. The highest BCUT2D eigenvalue weighted by molar-refractivity contribution is 6.11. The van der Waals surface area contributed by atoms with E-state index in [1.165, 1.54) is 0 Å². The Bertz CT molecular complexity index is 1530. The van der Waals surface area contributed by atoms with Crippen LogP contribution in [0.15, 0.2) is 42.7 Å². The molecule has 4 fully saturated rings. The van der Waals surface area contributed by atoms with Gasteiger partial charge >= 0.3 is 0 Å². The predicted molar refractivity (Wildman–Crippen MR) is 168 cm³/mol. The van der Waals surface area contributed by atoms with E-state index in [-0.39, 0.29) is 46.7 Å². The molecule has 3 aromatic rings. The Kier molecular flexibility index (Phi) is 7.30. The van der Waals surface area contributed by atoms with Crippen LogP contribution in [0.2, 0.25) is 0 Å². The van der Waals surface area contributed by atoms with E-state index >= 15 is 0 Å². The van der Waals surface area contributed by atoms with Crippen LogP contribution in [0.5, 0.6) is 0 Å². The van der Waals surface area contributed by atoms with Crippen molar-refractivity contribution in [3.8, 4) is 0 Å². The molecule has 0 spiro atoms. The molecule has 4 aliphatic carbocycles. The molecule has 0 bridgehead atoms. The lowest BCUT2D eigenvalue weighted by Gasteiger charge is -2.63. The van der Waals surface area contributed by atoms with Gasteiger partial charge in [-0.25, -0.2) is 0 Å². The highest BCUT2D eigenvalue weighted by atomic mass is 16.3. The molecule has 0 unspecified atom stereocenters. The predicted octanol–water partition coefficient (Wildman–Crippen LogP) is 6.10. The Hall–Kier alpha value is -2.61. The molecule has 43 heavy (non-hydrogen) atoms. The van der Waals surface area contributed by atoms with Gasteiger partial charge in [-0.1, -0.05) is 26.8 Å². The number of carbonyl (C=O) groups is 1. The maximum absolute atomic E-state index is 13.3. The molecule has 1 aromatic carbocycles. The minimum atomic E-state index is -0.415. The Morgan fingerprint density at radius 3 is 2.58 bits per heavy atom. The molecule has 7 nitrogen and oxygen atoms in total. The van der Waals surface area contributed by atoms with Crippen molar-refractivity contribution >= 4 is 33.4 Å². The van der Waals surface area contributed by atoms with Gasteiger partial charge in [0.05, 0.1) is 35.0 Å². The first-order valence-corrected chi connectivity index (χ1v) is 16.6. The monoisotopic (exact) mass is 585 g/mol. The van der Waals surface area contributed by atoms with Crippen molar-refractivity contribution in [1.29, 1.82) is 0 Å². The van der Waals surface area contributed by atoms with Gasteiger partial charge in [-0.05, 0) is 122 Å². The maximum atomic E-state index is 13.3. The third kappa shape index (κ3) is 4.60. The number of carbonyl (C=O) groups excluding carboxylic acids is 1. The number of hydrogen-bond donors (Lipinski definition) is 4. The average Bonchev–Trinajstić information content (AvgIpc) is 3.36. The molecule has 4 N–H and O–H groups in total. The number of rotatable bonds is 5. The van der Waals surface area contributed by atoms with Gasteiger partial charge in [-0.3, -0.25) is 14.8 Å². The third-order valence-electron chi connectivity index (χ3n) is 13.1. The second-order valence-electron chi connectivity index (χ2n) is 15.0. The van der Waals surface area contributed by atoms with Gasteiger partial charge < -0.3 is 20.6 Å². The number of hydrogen-bond acceptors (Lipinski definition) is 6. The van der Waals surface area contributed by atoms with Gasteiger partial charge in [0.15, 0.2) is 0 Å². The molecule has 4 saturated carbocycles. The number of pyridine rings is 2. The second-order valence-corrected chi connectivity index (χ2v) is 15.0. The SMILES string of the molecule is C[C@H](CCC(=O)Nc1cc2cccnc2c2ncccc12)[C@H]1CC[C@H]2[C@@H]3[C@H](O)C[C@@H]4C[C@H](O)CC[C@]4(C)[C@H]3C[C@H](O)[C@]12C. The van der Waals surface area contributed by atoms with Gasteiger partial charge in [-0.15, -0.1) is 0 Å². The summed E-state index contributed by atoms with van der Waals surface area (Å²) in [6.07, 6.45) is 9.80. The van der Waals surface area contributed by atoms with Crippen molar-refractivity contribution < 1.29 is 20.1 Å². The first kappa shape index (κ1) is 29.1. The molecule has 7 heteroatoms. The van der Waals surface area contributed by atoms with E-state index in [4.69, 9.17) is 0 Å². The number of anilines is 1. The fourth-order valence-corrected chi connectivity index (χ4v) is 10.8. The topological polar surface area (TPSA) is 116 Å². The molecular formula is C36H47N3O4. The van der Waals surface area contributed by atoms with E-state index in [1.54, 1.807) is 12.4 Å². The normalized spacial score (nSPS) is 39.6. The fraction of sp³-hybridized carbons (Fsp3) is 0.639. The average molecular weight is 586 g/mol. The van der Waals surface area contributed by atoms with Crippen LogP contribution in [0.1, 0.15) is 78.6 Å². The molecule has 230 valence electrons. The quantitative estimate of drug-likeness (QED) is 0.269. The summed E-state index contributed by atoms with van der Waals surface area (Å²) in [5.41, 5.74) is 2.19. The largest absolute Gasteiger partial charge is 0.393 e. The summed E-state index contributed by atoms with van der Waals surface area (Å²) in [6, 6.07) is 9.73. The van der Waals surface area contributed by atoms with Gasteiger partial charge in [-0.2, -0.15) is 0 Å². The van der Waals surface area contributed by atoms with E-state index in [1.807, 2.05) is 30.3 Å². The summed E-state index contributed by atoms with van der Waals surface area (Å²) in [7, 11) is 0. The van der Waals surface area contributed by atoms with E-state index in [2.05, 4.69) is 36.1 Å². The van der Waals surface area contributed by atoms with Crippen molar-refractivity contribution in [3.63, 3.8) is 0 Å². The molecule has 2 heterocycles. The van der Waals surface area contributed by atoms with Gasteiger partial charge in [0.25, 0.3) is 0 Å². The maximum Gasteiger partial charge on any atom is 0.224 e. The molecule has 0 aliphatic heterocycles. The smallest absolute Gasteiger partial charge is 0.224 e. The fourth-order valence-electron chi connectivity index (χ4n) is 10.8. The Balaban J connectivity index is 1.06. The molecular weight excluding hydrogens is 538 g/mol. The van der Waals surface area contributed by atoms with Crippen LogP contribution in [0.4, 0.5) is 5.69 Å². The van der Waals surface area contributed by atoms with Crippen molar-refractivity contribution in [2.75, 3.05) is 5.32 Å². The van der Waals surface area contributed by atoms with Crippen molar-refractivity contribution in [2.24, 2.45) is 46.3 Å². The van der Waals surface area contributed by atoms with E-state index in [0.717, 1.165) is 78.9 Å². The van der Waals surface area contributed by atoms with Crippen LogP contribution in [-0.2, 0) is 4.79 Å². The molecule has 0 radical (unpaired) electrons. The summed E-state index contributed by atoms with van der Waals surface area (Å²) < 4.78 is 0. The highest BCUT2D eigenvalue weighted by Crippen LogP contribution is 2.68. The lowest BCUT2D eigenvalue weighted by molar-refractivity contribution is -0.207. The minimum Gasteiger partial charge on any atom is -0.393 e. The van der Waals surface area contributed by atoms with E-state index < -0.39 is 6.10 Å². The molecule has 4 aliphatic rings. The molecule has 11 atom stereocenters. The van der Waals surface area contributed by atoms with Gasteiger partial charge in [0.2, 0.25) is 5.91 Å². The number of nitrogens with zero attached hydrogens (tertiary/aromatic N) is 2. The van der Waals surface area contributed by atoms with E-state index in [0.29, 0.717) is 24.2 Å². The van der Waals surface area contributed by atoms with Crippen molar-refractivity contribution in [3.05, 3.63) is 42.7 Å². The lowest BCUT2D eigenvalue weighted by Crippen LogP contribution is -2.62. The minimum absolute atomic E-state index is 0.00893. The zero-order valence-corrected chi connectivity index (χ0v) is 25.7. The zero-order valence-electron chi connectivity index (χ0n) is 25.7. The number of aromatic nitrogens is 2. The molecule has 1 amide bonds. The van der Waals surface area contributed by atoms with Crippen LogP contribution >= 0.6 is 0 Å². The first-order chi connectivity index (χ1) is 20.6. The Labute approximate surface area is 254 Å². The van der Waals surface area contributed by atoms with Crippen molar-refractivity contribution in [2.45, 2.75) is 96.9 Å².